The predicted molar refractivity (Wildman–Crippen MR) is 63.4 cm³/mol. The molecule has 1 aromatic heterocycles. The molecule has 0 atom stereocenters. The van der Waals surface area contributed by atoms with Crippen LogP contribution in [-0.2, 0) is 0 Å². The van der Waals surface area contributed by atoms with Crippen LogP contribution >= 0.6 is 0 Å². The van der Waals surface area contributed by atoms with Gasteiger partial charge < -0.3 is 19.2 Å². The number of hydrogen-bond donors (Lipinski definition) is 1. The average molecular weight is 261 g/mol. The van der Waals surface area contributed by atoms with Gasteiger partial charge in [-0.25, -0.2) is 4.98 Å². The van der Waals surface area contributed by atoms with E-state index in [0.29, 0.717) is 38.7 Å². The molecule has 7 heteroatoms. The Balaban J connectivity index is 2.66. The van der Waals surface area contributed by atoms with Crippen LogP contribution in [0.15, 0.2) is 20.1 Å². The van der Waals surface area contributed by atoms with Gasteiger partial charge in [0, 0.05) is 19.9 Å². The molecule has 0 aliphatic carbocycles. The summed E-state index contributed by atoms with van der Waals surface area (Å²) in [5.41, 5.74) is 1.57. The van der Waals surface area contributed by atoms with Crippen molar-refractivity contribution in [3.63, 3.8) is 0 Å². The Morgan fingerprint density at radius 3 is 2.74 bits per heavy atom. The maximum absolute atomic E-state index is 12.0. The minimum absolute atomic E-state index is 0.0361. The third kappa shape index (κ3) is 1.48. The molecule has 1 aromatic rings. The fraction of sp³-hybridized carbons (Fsp3) is 0.250. The number of pyridine rings is 1. The molecule has 0 spiro atoms. The van der Waals surface area contributed by atoms with E-state index in [9.17, 15) is 5.21 Å². The molecule has 0 bridgehead atoms. The molecule has 7 nitrogen and oxygen atoms in total. The monoisotopic (exact) mass is 261 g/mol. The molecule has 2 aliphatic heterocycles. The fourth-order valence-corrected chi connectivity index (χ4v) is 2.11. The number of aryl methyl sites for hydroxylation is 3. The maximum Gasteiger partial charge on any atom is 0.398 e. The van der Waals surface area contributed by atoms with Crippen molar-refractivity contribution in [1.82, 2.24) is 4.98 Å². The van der Waals surface area contributed by atoms with Gasteiger partial charge in [0.2, 0.25) is 0 Å². The Hall–Kier alpha value is -2.57. The minimum atomic E-state index is 0.0361. The maximum atomic E-state index is 12.0. The number of aromatic nitrogens is 2. The molecule has 0 aromatic carbocycles. The van der Waals surface area contributed by atoms with Gasteiger partial charge in [-0.1, -0.05) is 5.16 Å². The Morgan fingerprint density at radius 2 is 2.05 bits per heavy atom. The standard InChI is InChI=1S/C12H11N3O4/c1-5-4-8(14-16)9-11-10(13-7(3)19-11)6(2)18-12(9)15(5)17/h4,16H,1-3H3/b14-8+. The Kier molecular flexibility index (Phi) is 2.25. The second-order valence-electron chi connectivity index (χ2n) is 4.31. The lowest BCUT2D eigenvalue weighted by atomic mass is 10.1. The Morgan fingerprint density at radius 1 is 1.32 bits per heavy atom. The summed E-state index contributed by atoms with van der Waals surface area (Å²) in [4.78, 5) is 4.20. The van der Waals surface area contributed by atoms with Crippen molar-refractivity contribution in [2.75, 3.05) is 0 Å². The molecule has 19 heavy (non-hydrogen) atoms. The highest BCUT2D eigenvalue weighted by Crippen LogP contribution is 2.29. The molecular formula is C12H11N3O4. The number of rotatable bonds is 0. The van der Waals surface area contributed by atoms with Gasteiger partial charge in [0.25, 0.3) is 0 Å². The zero-order chi connectivity index (χ0) is 13.7. The van der Waals surface area contributed by atoms with E-state index in [4.69, 9.17) is 14.0 Å². The number of nitrogens with zero attached hydrogens (tertiary/aromatic N) is 3. The minimum Gasteiger partial charge on any atom is -0.616 e. The smallest absolute Gasteiger partial charge is 0.398 e. The van der Waals surface area contributed by atoms with Crippen LogP contribution in [0.5, 0.6) is 0 Å². The van der Waals surface area contributed by atoms with E-state index >= 15 is 0 Å². The van der Waals surface area contributed by atoms with Crippen LogP contribution in [0.3, 0.4) is 0 Å². The lowest BCUT2D eigenvalue weighted by Crippen LogP contribution is -2.37. The van der Waals surface area contributed by atoms with Gasteiger partial charge in [-0.3, -0.25) is 0 Å². The zero-order valence-electron chi connectivity index (χ0n) is 10.6. The molecule has 3 heterocycles. The second-order valence-corrected chi connectivity index (χ2v) is 4.31. The van der Waals surface area contributed by atoms with E-state index < -0.39 is 0 Å². The van der Waals surface area contributed by atoms with Crippen molar-refractivity contribution in [3.8, 4) is 11.5 Å². The van der Waals surface area contributed by atoms with Gasteiger partial charge in [0.1, 0.15) is 16.6 Å². The van der Waals surface area contributed by atoms with Crippen LogP contribution < -0.4 is 10.1 Å². The van der Waals surface area contributed by atoms with E-state index in [2.05, 4.69) is 10.1 Å². The van der Waals surface area contributed by atoms with Gasteiger partial charge in [-0.2, -0.15) is 0 Å². The largest absolute Gasteiger partial charge is 0.616 e. The lowest BCUT2D eigenvalue weighted by Gasteiger charge is -2.08. The van der Waals surface area contributed by atoms with Gasteiger partial charge in [0.15, 0.2) is 22.7 Å². The van der Waals surface area contributed by atoms with Crippen LogP contribution in [0.1, 0.15) is 17.3 Å². The first kappa shape index (κ1) is 11.5. The van der Waals surface area contributed by atoms with Crippen molar-refractivity contribution in [3.05, 3.63) is 34.0 Å². The summed E-state index contributed by atoms with van der Waals surface area (Å²) in [5, 5.41) is 24.5. The van der Waals surface area contributed by atoms with Crippen molar-refractivity contribution >= 4 is 11.1 Å². The highest BCUT2D eigenvalue weighted by Gasteiger charge is 2.28. The van der Waals surface area contributed by atoms with Gasteiger partial charge in [0.05, 0.1) is 0 Å². The quantitative estimate of drug-likeness (QED) is 0.285. The first-order valence-electron chi connectivity index (χ1n) is 5.64. The zero-order valence-corrected chi connectivity index (χ0v) is 10.6. The molecular weight excluding hydrogens is 250 g/mol. The molecule has 0 amide bonds. The van der Waals surface area contributed by atoms with Crippen LogP contribution in [-0.4, -0.2) is 10.2 Å². The molecule has 0 saturated heterocycles. The molecule has 0 radical (unpaired) electrons. The van der Waals surface area contributed by atoms with E-state index in [1.165, 1.54) is 6.07 Å². The highest BCUT2D eigenvalue weighted by atomic mass is 16.5. The van der Waals surface area contributed by atoms with E-state index in [1.54, 1.807) is 20.8 Å². The Bertz CT molecular complexity index is 831. The van der Waals surface area contributed by atoms with Crippen LogP contribution in [0.2, 0.25) is 0 Å². The van der Waals surface area contributed by atoms with Gasteiger partial charge in [-0.15, -0.1) is 4.73 Å². The van der Waals surface area contributed by atoms with Crippen molar-refractivity contribution < 1.29 is 18.8 Å². The highest BCUT2D eigenvalue weighted by molar-refractivity contribution is 5.88. The molecule has 98 valence electrons. The lowest BCUT2D eigenvalue weighted by molar-refractivity contribution is -0.610. The number of hydrogen-bond acceptors (Lipinski definition) is 6. The summed E-state index contributed by atoms with van der Waals surface area (Å²) in [6.07, 6.45) is 0. The molecule has 1 N–H and O–H groups in total. The van der Waals surface area contributed by atoms with Crippen LogP contribution in [0, 0.1) is 26.0 Å². The van der Waals surface area contributed by atoms with Gasteiger partial charge >= 0.3 is 5.89 Å². The summed E-state index contributed by atoms with van der Waals surface area (Å²) in [5.74, 6) is 0.954. The molecule has 3 rings (SSSR count). The second kappa shape index (κ2) is 3.71. The van der Waals surface area contributed by atoms with Crippen molar-refractivity contribution in [2.24, 2.45) is 5.16 Å². The topological polar surface area (TPSA) is 98.7 Å². The average Bonchev–Trinajstić information content (AvgIpc) is 2.76. The van der Waals surface area contributed by atoms with Crippen LogP contribution in [0.25, 0.3) is 22.6 Å². The Labute approximate surface area is 107 Å². The van der Waals surface area contributed by atoms with Gasteiger partial charge in [-0.05, 0) is 6.92 Å². The molecule has 0 saturated carbocycles. The third-order valence-electron chi connectivity index (χ3n) is 2.97. The first-order valence-corrected chi connectivity index (χ1v) is 5.64. The van der Waals surface area contributed by atoms with Crippen molar-refractivity contribution in [2.45, 2.75) is 20.8 Å². The number of fused-ring (bicyclic) bond motifs is 3. The summed E-state index contributed by atoms with van der Waals surface area (Å²) >= 11 is 0. The summed E-state index contributed by atoms with van der Waals surface area (Å²) in [7, 11) is 0. The predicted octanol–water partition coefficient (Wildman–Crippen LogP) is 1.37. The van der Waals surface area contributed by atoms with Crippen LogP contribution in [0.4, 0.5) is 0 Å². The molecule has 0 fully saturated rings. The molecule has 0 unspecified atom stereocenters. The third-order valence-corrected chi connectivity index (χ3v) is 2.97. The summed E-state index contributed by atoms with van der Waals surface area (Å²) in [6, 6.07) is 1.46. The SMILES string of the molecule is Cc1nc2c(C)oc3[n+]([O-])c(C)c/c(=N\O)c-3c2o1. The van der Waals surface area contributed by atoms with E-state index in [0.717, 1.165) is 0 Å². The fourth-order valence-electron chi connectivity index (χ4n) is 2.11. The van der Waals surface area contributed by atoms with Crippen molar-refractivity contribution in [1.29, 1.82) is 0 Å². The van der Waals surface area contributed by atoms with E-state index in [1.807, 2.05) is 0 Å². The summed E-state index contributed by atoms with van der Waals surface area (Å²) < 4.78 is 11.6. The normalized spacial score (nSPS) is 12.7. The summed E-state index contributed by atoms with van der Waals surface area (Å²) in [6.45, 7) is 4.99. The number of oxazole rings is 1. The van der Waals surface area contributed by atoms with E-state index in [-0.39, 0.29) is 11.2 Å². The first-order chi connectivity index (χ1) is 9.02. The molecule has 2 aliphatic rings.